The van der Waals surface area contributed by atoms with Gasteiger partial charge in [-0.05, 0) is 61.0 Å². The number of H-pyrrole nitrogens is 1. The predicted octanol–water partition coefficient (Wildman–Crippen LogP) is 4.40. The number of aromatic nitrogens is 2. The Morgan fingerprint density at radius 2 is 1.81 bits per heavy atom. The fourth-order valence-corrected chi connectivity index (χ4v) is 2.85. The molecule has 4 aromatic rings. The summed E-state index contributed by atoms with van der Waals surface area (Å²) in [6, 6.07) is 15.4. The number of phenols is 1. The van der Waals surface area contributed by atoms with Gasteiger partial charge in [0.25, 0.3) is 0 Å². The van der Waals surface area contributed by atoms with Gasteiger partial charge in [-0.2, -0.15) is 0 Å². The van der Waals surface area contributed by atoms with Crippen molar-refractivity contribution in [2.24, 2.45) is 0 Å². The van der Waals surface area contributed by atoms with Crippen LogP contribution in [0.3, 0.4) is 0 Å². The number of benzene rings is 2. The zero-order valence-corrected chi connectivity index (χ0v) is 11.6. The van der Waals surface area contributed by atoms with E-state index in [9.17, 15) is 5.11 Å². The van der Waals surface area contributed by atoms with Gasteiger partial charge in [-0.3, -0.25) is 0 Å². The topological polar surface area (TPSA) is 48.9 Å². The van der Waals surface area contributed by atoms with Crippen LogP contribution in [0.4, 0.5) is 0 Å². The lowest BCUT2D eigenvalue weighted by atomic mass is 10.0. The molecule has 0 unspecified atom stereocenters. The van der Waals surface area contributed by atoms with Gasteiger partial charge in [-0.15, -0.1) is 0 Å². The monoisotopic (exact) mass is 274 g/mol. The van der Waals surface area contributed by atoms with E-state index in [0.717, 1.165) is 22.3 Å². The molecule has 0 aliphatic heterocycles. The zero-order valence-electron chi connectivity index (χ0n) is 11.6. The van der Waals surface area contributed by atoms with Gasteiger partial charge >= 0.3 is 0 Å². The summed E-state index contributed by atoms with van der Waals surface area (Å²) in [5, 5.41) is 11.8. The molecule has 2 aromatic heterocycles. The molecule has 0 amide bonds. The summed E-state index contributed by atoms with van der Waals surface area (Å²) < 4.78 is 0. The number of hydrogen-bond acceptors (Lipinski definition) is 2. The number of phenolic OH excluding ortho intramolecular Hbond substituents is 1. The summed E-state index contributed by atoms with van der Waals surface area (Å²) in [7, 11) is 0. The highest BCUT2D eigenvalue weighted by Gasteiger charge is 2.08. The van der Waals surface area contributed by atoms with Crippen molar-refractivity contribution in [1.82, 2.24) is 9.97 Å². The standard InChI is InChI=1S/C18H14N2O/c1-11-10-17(12-2-4-13(21)5-3-12)20-16-7-6-15-14(18(11)16)8-9-19-15/h2-10,19,21H,1H3. The summed E-state index contributed by atoms with van der Waals surface area (Å²) >= 11 is 0. The maximum atomic E-state index is 9.40. The molecule has 0 atom stereocenters. The van der Waals surface area contributed by atoms with Crippen molar-refractivity contribution in [3.63, 3.8) is 0 Å². The van der Waals surface area contributed by atoms with Gasteiger partial charge in [0.15, 0.2) is 0 Å². The van der Waals surface area contributed by atoms with Crippen LogP contribution in [-0.2, 0) is 0 Å². The summed E-state index contributed by atoms with van der Waals surface area (Å²) in [6.07, 6.45) is 1.96. The predicted molar refractivity (Wildman–Crippen MR) is 85.4 cm³/mol. The molecule has 0 aliphatic rings. The Morgan fingerprint density at radius 3 is 2.62 bits per heavy atom. The van der Waals surface area contributed by atoms with Gasteiger partial charge in [-0.25, -0.2) is 4.98 Å². The van der Waals surface area contributed by atoms with Crippen molar-refractivity contribution in [2.45, 2.75) is 6.92 Å². The highest BCUT2D eigenvalue weighted by molar-refractivity contribution is 6.07. The number of aryl methyl sites for hydroxylation is 1. The summed E-state index contributed by atoms with van der Waals surface area (Å²) in [5.41, 5.74) is 5.25. The first-order valence-corrected chi connectivity index (χ1v) is 6.89. The Kier molecular flexibility index (Phi) is 2.48. The van der Waals surface area contributed by atoms with Gasteiger partial charge in [0.2, 0.25) is 0 Å². The molecule has 0 saturated heterocycles. The molecule has 3 heteroatoms. The molecule has 0 radical (unpaired) electrons. The van der Waals surface area contributed by atoms with E-state index in [-0.39, 0.29) is 5.75 Å². The van der Waals surface area contributed by atoms with E-state index in [4.69, 9.17) is 4.98 Å². The van der Waals surface area contributed by atoms with Crippen LogP contribution in [-0.4, -0.2) is 15.1 Å². The Labute approximate surface area is 121 Å². The van der Waals surface area contributed by atoms with Crippen molar-refractivity contribution < 1.29 is 5.11 Å². The normalized spacial score (nSPS) is 11.3. The van der Waals surface area contributed by atoms with Crippen molar-refractivity contribution in [1.29, 1.82) is 0 Å². The molecule has 21 heavy (non-hydrogen) atoms. The molecule has 0 spiro atoms. The highest BCUT2D eigenvalue weighted by atomic mass is 16.3. The lowest BCUT2D eigenvalue weighted by Crippen LogP contribution is -1.89. The second kappa shape index (κ2) is 4.35. The van der Waals surface area contributed by atoms with E-state index in [1.54, 1.807) is 12.1 Å². The first-order valence-electron chi connectivity index (χ1n) is 6.89. The lowest BCUT2D eigenvalue weighted by molar-refractivity contribution is 0.475. The van der Waals surface area contributed by atoms with E-state index in [1.807, 2.05) is 24.4 Å². The van der Waals surface area contributed by atoms with Crippen LogP contribution in [0.2, 0.25) is 0 Å². The maximum Gasteiger partial charge on any atom is 0.115 e. The van der Waals surface area contributed by atoms with Crippen LogP contribution in [0.25, 0.3) is 33.1 Å². The molecular formula is C18H14N2O. The van der Waals surface area contributed by atoms with Crippen LogP contribution < -0.4 is 0 Å². The minimum Gasteiger partial charge on any atom is -0.508 e. The quantitative estimate of drug-likeness (QED) is 0.540. The van der Waals surface area contributed by atoms with Crippen molar-refractivity contribution >= 4 is 21.8 Å². The number of nitrogens with zero attached hydrogens (tertiary/aromatic N) is 1. The number of fused-ring (bicyclic) bond motifs is 3. The molecule has 2 N–H and O–H groups in total. The first kappa shape index (κ1) is 12.0. The van der Waals surface area contributed by atoms with Crippen LogP contribution in [0.15, 0.2) is 54.7 Å². The molecule has 0 bridgehead atoms. The third kappa shape index (κ3) is 1.86. The molecule has 2 aromatic carbocycles. The highest BCUT2D eigenvalue weighted by Crippen LogP contribution is 2.30. The molecule has 3 nitrogen and oxygen atoms in total. The number of aromatic amines is 1. The zero-order chi connectivity index (χ0) is 14.4. The fraction of sp³-hybridized carbons (Fsp3) is 0.0556. The second-order valence-corrected chi connectivity index (χ2v) is 5.27. The van der Waals surface area contributed by atoms with Gasteiger partial charge in [-0.1, -0.05) is 0 Å². The number of nitrogens with one attached hydrogen (secondary N) is 1. The third-order valence-electron chi connectivity index (χ3n) is 3.86. The van der Waals surface area contributed by atoms with Gasteiger partial charge in [0, 0.05) is 28.0 Å². The molecule has 0 saturated carbocycles. The smallest absolute Gasteiger partial charge is 0.115 e. The van der Waals surface area contributed by atoms with E-state index in [0.29, 0.717) is 0 Å². The Balaban J connectivity index is 2.00. The molecule has 2 heterocycles. The number of pyridine rings is 1. The van der Waals surface area contributed by atoms with E-state index in [1.165, 1.54) is 16.3 Å². The molecule has 0 fully saturated rings. The SMILES string of the molecule is Cc1cc(-c2ccc(O)cc2)nc2ccc3[nH]ccc3c12. The fourth-order valence-electron chi connectivity index (χ4n) is 2.85. The van der Waals surface area contributed by atoms with E-state index in [2.05, 4.69) is 30.1 Å². The first-order chi connectivity index (χ1) is 10.2. The van der Waals surface area contributed by atoms with Crippen LogP contribution >= 0.6 is 0 Å². The molecule has 102 valence electrons. The molecule has 4 rings (SSSR count). The summed E-state index contributed by atoms with van der Waals surface area (Å²) in [4.78, 5) is 8.01. The van der Waals surface area contributed by atoms with Crippen molar-refractivity contribution in [3.8, 4) is 17.0 Å². The van der Waals surface area contributed by atoms with E-state index < -0.39 is 0 Å². The average Bonchev–Trinajstić information content (AvgIpc) is 2.96. The second-order valence-electron chi connectivity index (χ2n) is 5.27. The summed E-state index contributed by atoms with van der Waals surface area (Å²) in [5.74, 6) is 0.269. The Hall–Kier alpha value is -2.81. The molecule has 0 aliphatic carbocycles. The van der Waals surface area contributed by atoms with Crippen LogP contribution in [0.5, 0.6) is 5.75 Å². The third-order valence-corrected chi connectivity index (χ3v) is 3.86. The van der Waals surface area contributed by atoms with Crippen molar-refractivity contribution in [2.75, 3.05) is 0 Å². The lowest BCUT2D eigenvalue weighted by Gasteiger charge is -2.08. The van der Waals surface area contributed by atoms with Crippen LogP contribution in [0, 0.1) is 6.92 Å². The minimum absolute atomic E-state index is 0.269. The van der Waals surface area contributed by atoms with Gasteiger partial charge in [0.05, 0.1) is 11.2 Å². The number of rotatable bonds is 1. The van der Waals surface area contributed by atoms with Gasteiger partial charge < -0.3 is 10.1 Å². The number of aromatic hydroxyl groups is 1. The minimum atomic E-state index is 0.269. The Bertz CT molecular complexity index is 952. The molecular weight excluding hydrogens is 260 g/mol. The average molecular weight is 274 g/mol. The van der Waals surface area contributed by atoms with Crippen LogP contribution in [0.1, 0.15) is 5.56 Å². The maximum absolute atomic E-state index is 9.40. The Morgan fingerprint density at radius 1 is 1.00 bits per heavy atom. The number of hydrogen-bond donors (Lipinski definition) is 2. The largest absolute Gasteiger partial charge is 0.508 e. The van der Waals surface area contributed by atoms with Crippen molar-refractivity contribution in [3.05, 3.63) is 60.3 Å². The summed E-state index contributed by atoms with van der Waals surface area (Å²) in [6.45, 7) is 2.11. The van der Waals surface area contributed by atoms with Gasteiger partial charge in [0.1, 0.15) is 5.75 Å². The van der Waals surface area contributed by atoms with E-state index >= 15 is 0 Å².